The van der Waals surface area contributed by atoms with Crippen molar-refractivity contribution in [3.63, 3.8) is 0 Å². The monoisotopic (exact) mass is 867 g/mol. The number of phosphoric acid groups is 1. The lowest BCUT2D eigenvalue weighted by Gasteiger charge is -2.24. The third kappa shape index (κ3) is 40.8. The van der Waals surface area contributed by atoms with Crippen molar-refractivity contribution in [2.24, 2.45) is 0 Å². The van der Waals surface area contributed by atoms with Crippen LogP contribution in [-0.2, 0) is 32.7 Å². The third-order valence-corrected chi connectivity index (χ3v) is 10.4. The summed E-state index contributed by atoms with van der Waals surface area (Å²) in [4.78, 5) is 35.5. The number of allylic oxidation sites excluding steroid dienone is 11. The second kappa shape index (κ2) is 39.2. The highest BCUT2D eigenvalue weighted by atomic mass is 31.2. The van der Waals surface area contributed by atoms with Crippen LogP contribution in [0.3, 0.4) is 0 Å². The summed E-state index contributed by atoms with van der Waals surface area (Å²) in [5.41, 5.74) is 0. The van der Waals surface area contributed by atoms with E-state index in [1.807, 2.05) is 33.3 Å². The van der Waals surface area contributed by atoms with Crippen LogP contribution in [0.1, 0.15) is 155 Å². The first-order chi connectivity index (χ1) is 28.8. The molecule has 0 heterocycles. The van der Waals surface area contributed by atoms with Crippen molar-refractivity contribution in [3.05, 3.63) is 72.9 Å². The predicted molar refractivity (Wildman–Crippen MR) is 245 cm³/mol. The number of hydrogen-bond donors (Lipinski definition) is 3. The van der Waals surface area contributed by atoms with E-state index in [-0.39, 0.29) is 38.9 Å². The molecule has 11 nitrogen and oxygen atoms in total. The number of hydrogen-bond acceptors (Lipinski definition) is 9. The number of likely N-dealkylation sites (N-methyl/N-ethyl adjacent to an activating group) is 1. The molecule has 0 fully saturated rings. The average molecular weight is 867 g/mol. The largest absolute Gasteiger partial charge is 0.472 e. The number of aliphatic hydroxyl groups excluding tert-OH is 2. The Balaban J connectivity index is 4.60. The molecule has 0 aliphatic carbocycles. The number of esters is 2. The standard InChI is InChI=1S/C48H84NO10P/c1-6-8-10-12-14-16-18-20-21-22-23-24-26-28-30-32-34-38-48(53)59-44(43-58-60(54,55)57-41-40-49(3,4)5)42-56-47(52)39-35-37-46(51)45(50)36-33-31-29-27-25-19-17-15-13-11-9-7-2/h9,11,14-17,20-21,25,27,31,33,44-46,50-51H,6-8,10,12-13,18-19,22-24,26,28-30,32,34-43H2,1-5H3/p+1/b11-9-,16-14-,17-15-,21-20-,27-25-,33-31-/t44-,45+,46+/m1/s1. The summed E-state index contributed by atoms with van der Waals surface area (Å²) in [6.45, 7) is 3.92. The summed E-state index contributed by atoms with van der Waals surface area (Å²) in [6, 6.07) is 0. The van der Waals surface area contributed by atoms with Crippen molar-refractivity contribution >= 4 is 19.8 Å². The highest BCUT2D eigenvalue weighted by Crippen LogP contribution is 2.43. The molecule has 0 spiro atoms. The van der Waals surface area contributed by atoms with E-state index in [9.17, 15) is 29.3 Å². The SMILES string of the molecule is CC/C=C\C/C=C\C/C=C\C/C=C\C[C@H](O)[C@@H](O)CCCC(=O)OC[C@H](COP(=O)(O)OCC[N+](C)(C)C)OC(=O)CCCCCCCCC/C=C\C/C=C\CCCCC. The van der Waals surface area contributed by atoms with E-state index in [1.54, 1.807) is 0 Å². The molecule has 3 N–H and O–H groups in total. The van der Waals surface area contributed by atoms with Crippen LogP contribution in [0.25, 0.3) is 0 Å². The summed E-state index contributed by atoms with van der Waals surface area (Å²) in [5.74, 6) is -1.10. The number of quaternary nitrogens is 1. The molecule has 0 bridgehead atoms. The number of ether oxygens (including phenoxy) is 2. The van der Waals surface area contributed by atoms with Gasteiger partial charge in [-0.2, -0.15) is 0 Å². The number of aliphatic hydroxyl groups is 2. The lowest BCUT2D eigenvalue weighted by atomic mass is 10.0. The van der Waals surface area contributed by atoms with Gasteiger partial charge in [0.2, 0.25) is 0 Å². The van der Waals surface area contributed by atoms with Gasteiger partial charge in [0.05, 0.1) is 40.0 Å². The van der Waals surface area contributed by atoms with Gasteiger partial charge in [-0.05, 0) is 83.5 Å². The topological polar surface area (TPSA) is 149 Å². The van der Waals surface area contributed by atoms with Crippen LogP contribution in [0.15, 0.2) is 72.9 Å². The molecule has 0 aliphatic heterocycles. The number of phosphoric ester groups is 1. The maximum atomic E-state index is 12.7. The Morgan fingerprint density at radius 3 is 1.70 bits per heavy atom. The van der Waals surface area contributed by atoms with E-state index < -0.39 is 44.7 Å². The van der Waals surface area contributed by atoms with Crippen molar-refractivity contribution < 1.29 is 52.3 Å². The van der Waals surface area contributed by atoms with Crippen LogP contribution in [0, 0.1) is 0 Å². The molecule has 0 rings (SSSR count). The molecular weight excluding hydrogens is 781 g/mol. The molecule has 346 valence electrons. The first-order valence-corrected chi connectivity index (χ1v) is 24.3. The zero-order valence-electron chi connectivity index (χ0n) is 38.1. The van der Waals surface area contributed by atoms with Crippen LogP contribution in [0.4, 0.5) is 0 Å². The predicted octanol–water partition coefficient (Wildman–Crippen LogP) is 11.0. The van der Waals surface area contributed by atoms with Gasteiger partial charge in [0.25, 0.3) is 0 Å². The molecule has 60 heavy (non-hydrogen) atoms. The Bertz CT molecular complexity index is 1290. The Kier molecular flexibility index (Phi) is 37.5. The summed E-state index contributed by atoms with van der Waals surface area (Å²) in [7, 11) is 1.31. The Labute approximate surface area is 364 Å². The Morgan fingerprint density at radius 2 is 1.12 bits per heavy atom. The van der Waals surface area contributed by atoms with Gasteiger partial charge in [-0.15, -0.1) is 0 Å². The zero-order chi connectivity index (χ0) is 44.6. The molecule has 0 aliphatic rings. The summed E-state index contributed by atoms with van der Waals surface area (Å²) >= 11 is 0. The molecule has 4 atom stereocenters. The van der Waals surface area contributed by atoms with Gasteiger partial charge < -0.3 is 29.1 Å². The number of carbonyl (C=O) groups excluding carboxylic acids is 2. The van der Waals surface area contributed by atoms with E-state index >= 15 is 0 Å². The fourth-order valence-electron chi connectivity index (χ4n) is 5.72. The molecule has 0 aromatic carbocycles. The first kappa shape index (κ1) is 57.4. The summed E-state index contributed by atoms with van der Waals surface area (Å²) in [5, 5.41) is 20.7. The molecule has 12 heteroatoms. The average Bonchev–Trinajstić information content (AvgIpc) is 3.19. The van der Waals surface area contributed by atoms with Crippen LogP contribution in [0.2, 0.25) is 0 Å². The normalized spacial score (nSPS) is 15.3. The van der Waals surface area contributed by atoms with Crippen LogP contribution < -0.4 is 0 Å². The molecule has 0 amide bonds. The lowest BCUT2D eigenvalue weighted by Crippen LogP contribution is -2.37. The van der Waals surface area contributed by atoms with Gasteiger partial charge >= 0.3 is 19.8 Å². The van der Waals surface area contributed by atoms with Crippen LogP contribution in [-0.4, -0.2) is 97.3 Å². The van der Waals surface area contributed by atoms with Gasteiger partial charge in [-0.3, -0.25) is 18.6 Å². The molecule has 0 aromatic heterocycles. The molecular formula is C48H85NO10P+. The minimum absolute atomic E-state index is 0.0190. The van der Waals surface area contributed by atoms with Gasteiger partial charge in [0, 0.05) is 12.8 Å². The summed E-state index contributed by atoms with van der Waals surface area (Å²) in [6.07, 6.45) is 41.2. The smallest absolute Gasteiger partial charge is 0.462 e. The van der Waals surface area contributed by atoms with Gasteiger partial charge in [0.1, 0.15) is 19.8 Å². The summed E-state index contributed by atoms with van der Waals surface area (Å²) < 4.78 is 34.1. The van der Waals surface area contributed by atoms with E-state index in [0.717, 1.165) is 64.2 Å². The van der Waals surface area contributed by atoms with Crippen molar-refractivity contribution in [1.82, 2.24) is 0 Å². The highest BCUT2D eigenvalue weighted by Gasteiger charge is 2.27. The van der Waals surface area contributed by atoms with Crippen molar-refractivity contribution in [3.8, 4) is 0 Å². The second-order valence-corrected chi connectivity index (χ2v) is 17.8. The van der Waals surface area contributed by atoms with Crippen molar-refractivity contribution in [1.29, 1.82) is 0 Å². The van der Waals surface area contributed by atoms with E-state index in [2.05, 4.69) is 74.6 Å². The minimum atomic E-state index is -4.45. The molecule has 0 saturated heterocycles. The number of unbranched alkanes of at least 4 members (excludes halogenated alkanes) is 10. The van der Waals surface area contributed by atoms with E-state index in [4.69, 9.17) is 18.5 Å². The molecule has 0 saturated carbocycles. The maximum absolute atomic E-state index is 12.7. The van der Waals surface area contributed by atoms with Crippen LogP contribution >= 0.6 is 7.82 Å². The molecule has 0 aromatic rings. The maximum Gasteiger partial charge on any atom is 0.472 e. The van der Waals surface area contributed by atoms with E-state index in [1.165, 1.54) is 38.5 Å². The van der Waals surface area contributed by atoms with Crippen molar-refractivity contribution in [2.45, 2.75) is 173 Å². The Morgan fingerprint density at radius 1 is 0.600 bits per heavy atom. The second-order valence-electron chi connectivity index (χ2n) is 16.4. The highest BCUT2D eigenvalue weighted by molar-refractivity contribution is 7.47. The Hall–Kier alpha value is -2.63. The number of rotatable bonds is 40. The fraction of sp³-hybridized carbons (Fsp3) is 0.708. The molecule has 0 radical (unpaired) electrons. The lowest BCUT2D eigenvalue weighted by molar-refractivity contribution is -0.870. The number of nitrogens with zero attached hydrogens (tertiary/aromatic N) is 1. The van der Waals surface area contributed by atoms with Crippen molar-refractivity contribution in [2.75, 3.05) is 47.5 Å². The third-order valence-electron chi connectivity index (χ3n) is 9.42. The first-order valence-electron chi connectivity index (χ1n) is 22.8. The van der Waals surface area contributed by atoms with Gasteiger partial charge in [0.15, 0.2) is 6.10 Å². The molecule has 1 unspecified atom stereocenters. The quantitative estimate of drug-likeness (QED) is 0.0179. The minimum Gasteiger partial charge on any atom is -0.462 e. The van der Waals surface area contributed by atoms with Crippen LogP contribution in [0.5, 0.6) is 0 Å². The van der Waals surface area contributed by atoms with Gasteiger partial charge in [-0.25, -0.2) is 4.57 Å². The van der Waals surface area contributed by atoms with Gasteiger partial charge in [-0.1, -0.05) is 132 Å². The number of carbonyl (C=O) groups is 2. The zero-order valence-corrected chi connectivity index (χ0v) is 39.0. The van der Waals surface area contributed by atoms with E-state index in [0.29, 0.717) is 23.9 Å². The fourth-order valence-corrected chi connectivity index (χ4v) is 6.46.